The third kappa shape index (κ3) is 2.01. The number of hydrogen-bond acceptors (Lipinski definition) is 4. The third-order valence-corrected chi connectivity index (χ3v) is 3.23. The molecule has 1 saturated heterocycles. The highest BCUT2D eigenvalue weighted by molar-refractivity contribution is 5.91. The number of aromatic nitrogens is 3. The van der Waals surface area contributed by atoms with E-state index in [4.69, 9.17) is 4.42 Å². The number of rotatable bonds is 2. The van der Waals surface area contributed by atoms with Gasteiger partial charge in [0.25, 0.3) is 5.91 Å². The molecular formula is C12H14N4O2. The largest absolute Gasteiger partial charge is 0.459 e. The van der Waals surface area contributed by atoms with Gasteiger partial charge in [0.1, 0.15) is 12.7 Å². The zero-order chi connectivity index (χ0) is 12.4. The molecule has 1 aliphatic rings. The second-order valence-electron chi connectivity index (χ2n) is 4.40. The van der Waals surface area contributed by atoms with Crippen molar-refractivity contribution < 1.29 is 9.21 Å². The Bertz CT molecular complexity index is 506. The van der Waals surface area contributed by atoms with E-state index in [1.54, 1.807) is 18.5 Å². The first kappa shape index (κ1) is 11.0. The van der Waals surface area contributed by atoms with Crippen LogP contribution in [0.25, 0.3) is 0 Å². The smallest absolute Gasteiger partial charge is 0.289 e. The van der Waals surface area contributed by atoms with Gasteiger partial charge in [0.2, 0.25) is 0 Å². The number of nitrogens with zero attached hydrogens (tertiary/aromatic N) is 4. The fraction of sp³-hybridized carbons (Fsp3) is 0.417. The lowest BCUT2D eigenvalue weighted by molar-refractivity contribution is 0.0641. The van der Waals surface area contributed by atoms with Gasteiger partial charge in [-0.25, -0.2) is 9.67 Å². The zero-order valence-electron chi connectivity index (χ0n) is 9.90. The van der Waals surface area contributed by atoms with Crippen LogP contribution >= 0.6 is 0 Å². The maximum atomic E-state index is 12.2. The molecule has 3 heterocycles. The number of furan rings is 1. The van der Waals surface area contributed by atoms with Gasteiger partial charge < -0.3 is 9.32 Å². The van der Waals surface area contributed by atoms with Gasteiger partial charge in [-0.05, 0) is 25.0 Å². The second-order valence-corrected chi connectivity index (χ2v) is 4.40. The molecule has 0 N–H and O–H groups in total. The van der Waals surface area contributed by atoms with E-state index in [2.05, 4.69) is 10.1 Å². The van der Waals surface area contributed by atoms with E-state index in [-0.39, 0.29) is 11.9 Å². The number of carbonyl (C=O) groups is 1. The predicted octanol–water partition coefficient (Wildman–Crippen LogP) is 1.35. The van der Waals surface area contributed by atoms with Crippen molar-refractivity contribution in [2.24, 2.45) is 0 Å². The van der Waals surface area contributed by atoms with Crippen LogP contribution in [0, 0.1) is 0 Å². The van der Waals surface area contributed by atoms with Crippen LogP contribution in [-0.2, 0) is 0 Å². The van der Waals surface area contributed by atoms with Crippen molar-refractivity contribution in [2.45, 2.75) is 18.9 Å². The molecule has 18 heavy (non-hydrogen) atoms. The van der Waals surface area contributed by atoms with Crippen molar-refractivity contribution in [3.63, 3.8) is 0 Å². The van der Waals surface area contributed by atoms with Crippen LogP contribution in [0.4, 0.5) is 0 Å². The molecule has 0 aliphatic carbocycles. The Morgan fingerprint density at radius 2 is 2.44 bits per heavy atom. The summed E-state index contributed by atoms with van der Waals surface area (Å²) in [5.74, 6) is 0.346. The van der Waals surface area contributed by atoms with Gasteiger partial charge in [0, 0.05) is 13.1 Å². The van der Waals surface area contributed by atoms with E-state index in [9.17, 15) is 4.79 Å². The molecule has 6 heteroatoms. The molecule has 94 valence electrons. The first-order valence-corrected chi connectivity index (χ1v) is 6.01. The fourth-order valence-corrected chi connectivity index (χ4v) is 2.32. The summed E-state index contributed by atoms with van der Waals surface area (Å²) in [6, 6.07) is 3.63. The summed E-state index contributed by atoms with van der Waals surface area (Å²) in [6.45, 7) is 1.42. The van der Waals surface area contributed by atoms with Crippen molar-refractivity contribution >= 4 is 5.91 Å². The van der Waals surface area contributed by atoms with Gasteiger partial charge in [-0.1, -0.05) is 0 Å². The van der Waals surface area contributed by atoms with Crippen LogP contribution in [0.2, 0.25) is 0 Å². The number of piperidine rings is 1. The number of likely N-dealkylation sites (tertiary alicyclic amines) is 1. The van der Waals surface area contributed by atoms with Crippen molar-refractivity contribution in [1.29, 1.82) is 0 Å². The molecule has 2 aromatic rings. The highest BCUT2D eigenvalue weighted by Crippen LogP contribution is 2.21. The van der Waals surface area contributed by atoms with Crippen molar-refractivity contribution in [1.82, 2.24) is 19.7 Å². The summed E-state index contributed by atoms with van der Waals surface area (Å²) < 4.78 is 6.97. The summed E-state index contributed by atoms with van der Waals surface area (Å²) in [6.07, 6.45) is 6.73. The van der Waals surface area contributed by atoms with Gasteiger partial charge in [-0.3, -0.25) is 4.79 Å². The van der Waals surface area contributed by atoms with E-state index in [1.807, 2.05) is 9.58 Å². The summed E-state index contributed by atoms with van der Waals surface area (Å²) in [5, 5.41) is 4.14. The van der Waals surface area contributed by atoms with Crippen LogP contribution in [0.5, 0.6) is 0 Å². The van der Waals surface area contributed by atoms with Crippen LogP contribution in [0.1, 0.15) is 29.4 Å². The lowest BCUT2D eigenvalue weighted by Gasteiger charge is -2.32. The normalized spacial score (nSPS) is 20.0. The molecule has 0 unspecified atom stereocenters. The third-order valence-electron chi connectivity index (χ3n) is 3.23. The van der Waals surface area contributed by atoms with E-state index in [0.717, 1.165) is 19.4 Å². The standard InChI is InChI=1S/C12H14N4O2/c17-12(11-4-2-6-18-11)15-5-1-3-10(7-15)16-9-13-8-14-16/h2,4,6,8-10H,1,3,5,7H2/t10-/m1/s1. The maximum Gasteiger partial charge on any atom is 0.289 e. The fourth-order valence-electron chi connectivity index (χ4n) is 2.32. The van der Waals surface area contributed by atoms with Gasteiger partial charge >= 0.3 is 0 Å². The minimum atomic E-state index is -0.0511. The first-order chi connectivity index (χ1) is 8.84. The summed E-state index contributed by atoms with van der Waals surface area (Å²) in [5.41, 5.74) is 0. The molecule has 2 aromatic heterocycles. The molecular weight excluding hydrogens is 232 g/mol. The monoisotopic (exact) mass is 246 g/mol. The predicted molar refractivity (Wildman–Crippen MR) is 62.9 cm³/mol. The minimum absolute atomic E-state index is 0.0511. The number of hydrogen-bond donors (Lipinski definition) is 0. The average molecular weight is 246 g/mol. The highest BCUT2D eigenvalue weighted by Gasteiger charge is 2.26. The SMILES string of the molecule is O=C(c1ccco1)N1CCC[C@@H](n2cncn2)C1. The number of amides is 1. The maximum absolute atomic E-state index is 12.2. The van der Waals surface area contributed by atoms with Gasteiger partial charge in [0.05, 0.1) is 12.3 Å². The Morgan fingerprint density at radius 1 is 1.50 bits per heavy atom. The number of carbonyl (C=O) groups excluding carboxylic acids is 1. The Hall–Kier alpha value is -2.11. The zero-order valence-corrected chi connectivity index (χ0v) is 9.90. The van der Waals surface area contributed by atoms with Crippen LogP contribution in [0.3, 0.4) is 0 Å². The Labute approximate surface area is 104 Å². The minimum Gasteiger partial charge on any atom is -0.459 e. The lowest BCUT2D eigenvalue weighted by atomic mass is 10.1. The molecule has 1 fully saturated rings. The van der Waals surface area contributed by atoms with Gasteiger partial charge in [-0.15, -0.1) is 0 Å². The Balaban J connectivity index is 1.73. The second kappa shape index (κ2) is 4.64. The molecule has 1 amide bonds. The summed E-state index contributed by atoms with van der Waals surface area (Å²) in [4.78, 5) is 17.9. The van der Waals surface area contributed by atoms with Crippen molar-refractivity contribution in [3.8, 4) is 0 Å². The quantitative estimate of drug-likeness (QED) is 0.802. The molecule has 0 spiro atoms. The molecule has 3 rings (SSSR count). The molecule has 0 bridgehead atoms. The molecule has 0 aromatic carbocycles. The van der Waals surface area contributed by atoms with Crippen molar-refractivity contribution in [2.75, 3.05) is 13.1 Å². The molecule has 1 aliphatic heterocycles. The van der Waals surface area contributed by atoms with E-state index >= 15 is 0 Å². The first-order valence-electron chi connectivity index (χ1n) is 6.01. The molecule has 0 saturated carbocycles. The Morgan fingerprint density at radius 3 is 3.17 bits per heavy atom. The van der Waals surface area contributed by atoms with E-state index in [0.29, 0.717) is 12.3 Å². The highest BCUT2D eigenvalue weighted by atomic mass is 16.3. The van der Waals surface area contributed by atoms with Crippen LogP contribution in [0.15, 0.2) is 35.5 Å². The van der Waals surface area contributed by atoms with Crippen LogP contribution in [-0.4, -0.2) is 38.7 Å². The lowest BCUT2D eigenvalue weighted by Crippen LogP contribution is -2.40. The van der Waals surface area contributed by atoms with E-state index < -0.39 is 0 Å². The van der Waals surface area contributed by atoms with Crippen molar-refractivity contribution in [3.05, 3.63) is 36.8 Å². The molecule has 6 nitrogen and oxygen atoms in total. The average Bonchev–Trinajstić information content (AvgIpc) is 3.11. The topological polar surface area (TPSA) is 64.2 Å². The molecule has 1 atom stereocenters. The van der Waals surface area contributed by atoms with Gasteiger partial charge in [-0.2, -0.15) is 5.10 Å². The van der Waals surface area contributed by atoms with Gasteiger partial charge in [0.15, 0.2) is 5.76 Å². The van der Waals surface area contributed by atoms with E-state index in [1.165, 1.54) is 12.6 Å². The Kier molecular flexibility index (Phi) is 2.84. The molecule has 0 radical (unpaired) electrons. The summed E-state index contributed by atoms with van der Waals surface area (Å²) >= 11 is 0. The summed E-state index contributed by atoms with van der Waals surface area (Å²) in [7, 11) is 0. The van der Waals surface area contributed by atoms with Crippen LogP contribution < -0.4 is 0 Å².